The molecule has 1 rings (SSSR count). The number of ether oxygens (including phenoxy) is 2. The summed E-state index contributed by atoms with van der Waals surface area (Å²) in [4.78, 5) is 21.7. The van der Waals surface area contributed by atoms with Crippen molar-refractivity contribution in [3.05, 3.63) is 29.8 Å². The number of hydrogen-bond acceptors (Lipinski definition) is 4. The van der Waals surface area contributed by atoms with Crippen LogP contribution in [0.5, 0.6) is 5.75 Å². The van der Waals surface area contributed by atoms with Crippen molar-refractivity contribution in [1.29, 1.82) is 0 Å². The van der Waals surface area contributed by atoms with Crippen LogP contribution in [0.3, 0.4) is 0 Å². The van der Waals surface area contributed by atoms with Gasteiger partial charge in [-0.05, 0) is 17.7 Å². The molecule has 0 aliphatic heterocycles. The second-order valence-corrected chi connectivity index (χ2v) is 3.41. The van der Waals surface area contributed by atoms with E-state index in [2.05, 4.69) is 10.1 Å². The van der Waals surface area contributed by atoms with E-state index < -0.39 is 12.0 Å². The average Bonchev–Trinajstić information content (AvgIpc) is 2.38. The summed E-state index contributed by atoms with van der Waals surface area (Å²) in [6, 6.07) is 6.60. The molecule has 1 aromatic carbocycles. The highest BCUT2D eigenvalue weighted by molar-refractivity contribution is 5.78. The van der Waals surface area contributed by atoms with Crippen LogP contribution < -0.4 is 10.1 Å². The van der Waals surface area contributed by atoms with E-state index in [0.717, 1.165) is 11.3 Å². The molecule has 17 heavy (non-hydrogen) atoms. The highest BCUT2D eigenvalue weighted by Gasteiger charge is 2.18. The predicted molar refractivity (Wildman–Crippen MR) is 61.7 cm³/mol. The second kappa shape index (κ2) is 6.52. The second-order valence-electron chi connectivity index (χ2n) is 3.41. The Kier molecular flexibility index (Phi) is 5.00. The Morgan fingerprint density at radius 1 is 1.35 bits per heavy atom. The molecule has 0 bridgehead atoms. The molecule has 5 heteroatoms. The van der Waals surface area contributed by atoms with E-state index in [1.165, 1.54) is 7.11 Å². The molecule has 1 aromatic rings. The number of nitrogens with one attached hydrogen (secondary N) is 1. The Balaban J connectivity index is 2.71. The zero-order valence-electron chi connectivity index (χ0n) is 9.80. The lowest BCUT2D eigenvalue weighted by atomic mass is 10.1. The molecule has 0 saturated heterocycles. The predicted octanol–water partition coefficient (Wildman–Crippen LogP) is 0.525. The van der Waals surface area contributed by atoms with Crippen LogP contribution in [0.1, 0.15) is 5.56 Å². The van der Waals surface area contributed by atoms with E-state index in [0.29, 0.717) is 12.8 Å². The number of methoxy groups -OCH3 is 2. The minimum absolute atomic E-state index is 0.384. The Morgan fingerprint density at radius 3 is 2.47 bits per heavy atom. The summed E-state index contributed by atoms with van der Waals surface area (Å²) in [5.41, 5.74) is 0.913. The molecule has 1 unspecified atom stereocenters. The SMILES string of the molecule is COC(=O)C(Cc1ccc(OC)cc1)NC=O. The molecule has 0 saturated carbocycles. The van der Waals surface area contributed by atoms with Gasteiger partial charge in [0.25, 0.3) is 0 Å². The standard InChI is InChI=1S/C12H15NO4/c1-16-10-5-3-9(4-6-10)7-11(13-8-14)12(15)17-2/h3-6,8,11H,7H2,1-2H3,(H,13,14). The topological polar surface area (TPSA) is 64.6 Å². The third-order valence-electron chi connectivity index (χ3n) is 2.35. The fourth-order valence-electron chi connectivity index (χ4n) is 1.43. The fourth-order valence-corrected chi connectivity index (χ4v) is 1.43. The number of carbonyl (C=O) groups is 2. The van der Waals surface area contributed by atoms with Gasteiger partial charge in [0.15, 0.2) is 0 Å². The van der Waals surface area contributed by atoms with Crippen molar-refractivity contribution < 1.29 is 19.1 Å². The lowest BCUT2D eigenvalue weighted by Gasteiger charge is -2.13. The van der Waals surface area contributed by atoms with Gasteiger partial charge in [0.1, 0.15) is 11.8 Å². The lowest BCUT2D eigenvalue weighted by Crippen LogP contribution is -2.38. The molecule has 0 aliphatic carbocycles. The summed E-state index contributed by atoms with van der Waals surface area (Å²) in [6.45, 7) is 0. The van der Waals surface area contributed by atoms with E-state index in [1.807, 2.05) is 12.1 Å². The maximum absolute atomic E-state index is 11.4. The van der Waals surface area contributed by atoms with Gasteiger partial charge in [0.05, 0.1) is 14.2 Å². The first-order chi connectivity index (χ1) is 8.21. The number of esters is 1. The van der Waals surface area contributed by atoms with Crippen molar-refractivity contribution in [3.8, 4) is 5.75 Å². The highest BCUT2D eigenvalue weighted by Crippen LogP contribution is 2.12. The maximum atomic E-state index is 11.4. The highest BCUT2D eigenvalue weighted by atomic mass is 16.5. The number of carbonyl (C=O) groups excluding carboxylic acids is 2. The van der Waals surface area contributed by atoms with E-state index in [1.54, 1.807) is 19.2 Å². The van der Waals surface area contributed by atoms with Crippen molar-refractivity contribution in [2.75, 3.05) is 14.2 Å². The van der Waals surface area contributed by atoms with Crippen LogP contribution in [0, 0.1) is 0 Å². The van der Waals surface area contributed by atoms with Crippen molar-refractivity contribution in [2.45, 2.75) is 12.5 Å². The van der Waals surface area contributed by atoms with Crippen molar-refractivity contribution in [3.63, 3.8) is 0 Å². The molecule has 0 heterocycles. The monoisotopic (exact) mass is 237 g/mol. The van der Waals surface area contributed by atoms with Crippen LogP contribution in [-0.2, 0) is 20.7 Å². The van der Waals surface area contributed by atoms with Crippen molar-refractivity contribution in [1.82, 2.24) is 5.32 Å². The van der Waals surface area contributed by atoms with Crippen LogP contribution in [0.15, 0.2) is 24.3 Å². The van der Waals surface area contributed by atoms with E-state index >= 15 is 0 Å². The first-order valence-corrected chi connectivity index (χ1v) is 5.11. The molecule has 0 aromatic heterocycles. The van der Waals surface area contributed by atoms with Gasteiger partial charge in [0.2, 0.25) is 6.41 Å². The molecule has 1 N–H and O–H groups in total. The largest absolute Gasteiger partial charge is 0.497 e. The molecule has 1 atom stereocenters. The van der Waals surface area contributed by atoms with Crippen LogP contribution in [-0.4, -0.2) is 32.6 Å². The summed E-state index contributed by atoms with van der Waals surface area (Å²) >= 11 is 0. The van der Waals surface area contributed by atoms with Gasteiger partial charge in [-0.15, -0.1) is 0 Å². The van der Waals surface area contributed by atoms with E-state index in [9.17, 15) is 9.59 Å². The minimum Gasteiger partial charge on any atom is -0.497 e. The molecule has 0 aliphatic rings. The first kappa shape index (κ1) is 13.0. The van der Waals surface area contributed by atoms with E-state index in [4.69, 9.17) is 4.74 Å². The van der Waals surface area contributed by atoms with Crippen LogP contribution in [0.2, 0.25) is 0 Å². The number of rotatable bonds is 6. The lowest BCUT2D eigenvalue weighted by molar-refractivity contribution is -0.144. The Bertz CT molecular complexity index is 375. The third-order valence-corrected chi connectivity index (χ3v) is 2.35. The van der Waals surface area contributed by atoms with Gasteiger partial charge >= 0.3 is 5.97 Å². The van der Waals surface area contributed by atoms with Crippen molar-refractivity contribution in [2.24, 2.45) is 0 Å². The smallest absolute Gasteiger partial charge is 0.328 e. The van der Waals surface area contributed by atoms with Crippen LogP contribution in [0.25, 0.3) is 0 Å². The van der Waals surface area contributed by atoms with Crippen LogP contribution >= 0.6 is 0 Å². The normalized spacial score (nSPS) is 11.4. The van der Waals surface area contributed by atoms with Crippen LogP contribution in [0.4, 0.5) is 0 Å². The molecular weight excluding hydrogens is 222 g/mol. The van der Waals surface area contributed by atoms with Crippen molar-refractivity contribution >= 4 is 12.4 Å². The third kappa shape index (κ3) is 3.79. The Labute approximate surface area is 99.7 Å². The molecular formula is C12H15NO4. The van der Waals surface area contributed by atoms with Gasteiger partial charge in [-0.3, -0.25) is 4.79 Å². The van der Waals surface area contributed by atoms with E-state index in [-0.39, 0.29) is 0 Å². The minimum atomic E-state index is -0.661. The van der Waals surface area contributed by atoms with Gasteiger partial charge in [-0.2, -0.15) is 0 Å². The number of benzene rings is 1. The summed E-state index contributed by atoms with van der Waals surface area (Å²) in [5.74, 6) is 0.277. The quantitative estimate of drug-likeness (QED) is 0.579. The summed E-state index contributed by atoms with van der Waals surface area (Å²) in [6.07, 6.45) is 0.876. The summed E-state index contributed by atoms with van der Waals surface area (Å²) in [5, 5.41) is 2.42. The summed E-state index contributed by atoms with van der Waals surface area (Å²) < 4.78 is 9.62. The van der Waals surface area contributed by atoms with Gasteiger partial charge in [0, 0.05) is 6.42 Å². The zero-order valence-corrected chi connectivity index (χ0v) is 9.80. The average molecular weight is 237 g/mol. The molecule has 1 amide bonds. The molecule has 92 valence electrons. The zero-order chi connectivity index (χ0) is 12.7. The first-order valence-electron chi connectivity index (χ1n) is 5.11. The Hall–Kier alpha value is -2.04. The number of amides is 1. The van der Waals surface area contributed by atoms with Gasteiger partial charge in [-0.25, -0.2) is 4.79 Å². The number of hydrogen-bond donors (Lipinski definition) is 1. The maximum Gasteiger partial charge on any atom is 0.328 e. The van der Waals surface area contributed by atoms with Gasteiger partial charge in [-0.1, -0.05) is 12.1 Å². The summed E-state index contributed by atoms with van der Waals surface area (Å²) in [7, 11) is 2.87. The molecule has 0 radical (unpaired) electrons. The molecule has 0 fully saturated rings. The Morgan fingerprint density at radius 2 is 2.00 bits per heavy atom. The fraction of sp³-hybridized carbons (Fsp3) is 0.333. The van der Waals surface area contributed by atoms with Gasteiger partial charge < -0.3 is 14.8 Å². The molecule has 0 spiro atoms. The molecule has 5 nitrogen and oxygen atoms in total.